The largest absolute Gasteiger partial charge is 0.495 e. The van der Waals surface area contributed by atoms with Crippen molar-refractivity contribution < 1.29 is 19.0 Å². The van der Waals surface area contributed by atoms with Crippen LogP contribution >= 0.6 is 15.9 Å². The molecular weight excluding hydrogens is 450 g/mol. The summed E-state index contributed by atoms with van der Waals surface area (Å²) in [4.78, 5) is 17.1. The Kier molecular flexibility index (Phi) is 6.06. The second kappa shape index (κ2) is 8.89. The molecule has 1 aliphatic rings. The molecule has 2 unspecified atom stereocenters. The Bertz CT molecular complexity index is 1040. The van der Waals surface area contributed by atoms with Crippen LogP contribution in [0.15, 0.2) is 59.5 Å². The minimum absolute atomic E-state index is 0.207. The van der Waals surface area contributed by atoms with Gasteiger partial charge in [0.25, 0.3) is 5.91 Å². The van der Waals surface area contributed by atoms with E-state index in [2.05, 4.69) is 26.2 Å². The van der Waals surface area contributed by atoms with Gasteiger partial charge in [-0.1, -0.05) is 15.9 Å². The molecule has 30 heavy (non-hydrogen) atoms. The normalized spacial score (nSPS) is 18.2. The number of aryl methyl sites for hydroxylation is 1. The topological polar surface area (TPSA) is 74.6 Å². The summed E-state index contributed by atoms with van der Waals surface area (Å²) < 4.78 is 19.9. The van der Waals surface area contributed by atoms with Crippen molar-refractivity contribution in [3.63, 3.8) is 0 Å². The number of carbonyl (C=O) groups is 1. The number of amides is 1. The fourth-order valence-corrected chi connectivity index (χ4v) is 3.57. The zero-order valence-electron chi connectivity index (χ0n) is 16.7. The first-order valence-electron chi connectivity index (χ1n) is 9.53. The third kappa shape index (κ3) is 4.49. The van der Waals surface area contributed by atoms with E-state index in [1.165, 1.54) is 0 Å². The van der Waals surface area contributed by atoms with Gasteiger partial charge < -0.3 is 24.1 Å². The maximum absolute atomic E-state index is 12.9. The summed E-state index contributed by atoms with van der Waals surface area (Å²) in [5, 5.41) is 3.02. The zero-order valence-corrected chi connectivity index (χ0v) is 18.3. The lowest BCUT2D eigenvalue weighted by molar-refractivity contribution is 0.0904. The van der Waals surface area contributed by atoms with Gasteiger partial charge in [0.15, 0.2) is 0 Å². The molecule has 0 radical (unpaired) electrons. The van der Waals surface area contributed by atoms with Gasteiger partial charge in [-0.2, -0.15) is 0 Å². The van der Waals surface area contributed by atoms with Crippen LogP contribution in [0.2, 0.25) is 0 Å². The van der Waals surface area contributed by atoms with Gasteiger partial charge in [-0.15, -0.1) is 0 Å². The van der Waals surface area contributed by atoms with Gasteiger partial charge in [0.2, 0.25) is 0 Å². The number of nitrogens with zero attached hydrogens (tertiary/aromatic N) is 2. The molecule has 1 saturated heterocycles. The van der Waals surface area contributed by atoms with E-state index in [9.17, 15) is 4.79 Å². The van der Waals surface area contributed by atoms with Gasteiger partial charge in [-0.25, -0.2) is 4.98 Å². The first kappa shape index (κ1) is 20.4. The number of aromatic nitrogens is 2. The van der Waals surface area contributed by atoms with Gasteiger partial charge in [-0.05, 0) is 49.4 Å². The Morgan fingerprint density at radius 3 is 2.73 bits per heavy atom. The molecule has 0 saturated carbocycles. The van der Waals surface area contributed by atoms with Gasteiger partial charge in [0.05, 0.1) is 44.1 Å². The van der Waals surface area contributed by atoms with Crippen molar-refractivity contribution in [1.82, 2.24) is 14.9 Å². The van der Waals surface area contributed by atoms with Crippen molar-refractivity contribution in [1.29, 1.82) is 0 Å². The first-order valence-corrected chi connectivity index (χ1v) is 10.3. The van der Waals surface area contributed by atoms with Crippen LogP contribution in [0.5, 0.6) is 11.5 Å². The summed E-state index contributed by atoms with van der Waals surface area (Å²) in [7, 11) is 1.58. The lowest BCUT2D eigenvalue weighted by Gasteiger charge is -2.21. The molecule has 2 atom stereocenters. The first-order chi connectivity index (χ1) is 14.5. The van der Waals surface area contributed by atoms with Gasteiger partial charge >= 0.3 is 0 Å². The van der Waals surface area contributed by atoms with Crippen molar-refractivity contribution in [3.05, 3.63) is 70.7 Å². The molecule has 0 spiro atoms. The van der Waals surface area contributed by atoms with Crippen LogP contribution in [-0.2, 0) is 4.74 Å². The molecular formula is C22H22BrN3O4. The molecule has 1 aromatic heterocycles. The Morgan fingerprint density at radius 1 is 1.23 bits per heavy atom. The van der Waals surface area contributed by atoms with E-state index >= 15 is 0 Å². The number of carbonyl (C=O) groups excluding carboxylic acids is 1. The average Bonchev–Trinajstić information content (AvgIpc) is 3.38. The molecule has 3 aromatic rings. The molecule has 1 amide bonds. The van der Waals surface area contributed by atoms with Crippen molar-refractivity contribution in [3.8, 4) is 17.2 Å². The van der Waals surface area contributed by atoms with Crippen molar-refractivity contribution >= 4 is 21.8 Å². The number of hydrogen-bond acceptors (Lipinski definition) is 5. The Labute approximate surface area is 183 Å². The molecule has 4 rings (SSSR count). The summed E-state index contributed by atoms with van der Waals surface area (Å²) in [5.41, 5.74) is 2.22. The quantitative estimate of drug-likeness (QED) is 0.595. The molecule has 1 N–H and O–H groups in total. The highest BCUT2D eigenvalue weighted by atomic mass is 79.9. The van der Waals surface area contributed by atoms with Gasteiger partial charge in [0.1, 0.15) is 17.6 Å². The highest BCUT2D eigenvalue weighted by Crippen LogP contribution is 2.25. The van der Waals surface area contributed by atoms with Crippen LogP contribution in [0.25, 0.3) is 5.69 Å². The minimum Gasteiger partial charge on any atom is -0.495 e. The summed E-state index contributed by atoms with van der Waals surface area (Å²) >= 11 is 3.41. The number of ether oxygens (including phenoxy) is 3. The van der Waals surface area contributed by atoms with Crippen LogP contribution in [0.1, 0.15) is 16.1 Å². The van der Waals surface area contributed by atoms with E-state index in [-0.39, 0.29) is 18.1 Å². The van der Waals surface area contributed by atoms with Crippen LogP contribution < -0.4 is 14.8 Å². The molecule has 0 bridgehead atoms. The lowest BCUT2D eigenvalue weighted by atomic mass is 10.1. The van der Waals surface area contributed by atoms with E-state index in [1.807, 2.05) is 48.0 Å². The Morgan fingerprint density at radius 2 is 2.03 bits per heavy atom. The number of nitrogens with one attached hydrogen (secondary N) is 1. The van der Waals surface area contributed by atoms with Crippen LogP contribution in [0.3, 0.4) is 0 Å². The highest BCUT2D eigenvalue weighted by molar-refractivity contribution is 9.10. The van der Waals surface area contributed by atoms with Gasteiger partial charge in [-0.3, -0.25) is 4.79 Å². The molecule has 2 aromatic carbocycles. The fourth-order valence-electron chi connectivity index (χ4n) is 3.31. The van der Waals surface area contributed by atoms with E-state index in [1.54, 1.807) is 25.6 Å². The van der Waals surface area contributed by atoms with E-state index in [0.29, 0.717) is 24.5 Å². The second-order valence-corrected chi connectivity index (χ2v) is 7.95. The average molecular weight is 472 g/mol. The number of hydrogen-bond donors (Lipinski definition) is 1. The fraction of sp³-hybridized carbons (Fsp3) is 0.273. The Hall–Kier alpha value is -2.84. The summed E-state index contributed by atoms with van der Waals surface area (Å²) in [5.74, 6) is 1.11. The molecule has 2 heterocycles. The second-order valence-electron chi connectivity index (χ2n) is 7.04. The molecule has 8 heteroatoms. The van der Waals surface area contributed by atoms with Crippen molar-refractivity contribution in [2.45, 2.75) is 19.1 Å². The maximum Gasteiger partial charge on any atom is 0.251 e. The predicted octanol–water partition coefficient (Wildman–Crippen LogP) is 3.53. The van der Waals surface area contributed by atoms with Crippen LogP contribution in [0, 0.1) is 6.92 Å². The Balaban J connectivity index is 1.46. The third-order valence-corrected chi connectivity index (χ3v) is 5.41. The number of imidazole rings is 1. The smallest absolute Gasteiger partial charge is 0.251 e. The van der Waals surface area contributed by atoms with Crippen LogP contribution in [-0.4, -0.2) is 47.9 Å². The minimum atomic E-state index is -0.259. The predicted molar refractivity (Wildman–Crippen MR) is 115 cm³/mol. The van der Waals surface area contributed by atoms with Gasteiger partial charge in [0, 0.05) is 16.2 Å². The van der Waals surface area contributed by atoms with E-state index in [4.69, 9.17) is 14.2 Å². The SMILES string of the molecule is COc1cc(C(=O)NC2COCC2Oc2ccc(Br)cc2)ccc1-n1cnc(C)c1. The van der Waals surface area contributed by atoms with E-state index in [0.717, 1.165) is 21.6 Å². The number of rotatable bonds is 6. The van der Waals surface area contributed by atoms with Crippen LogP contribution in [0.4, 0.5) is 0 Å². The zero-order chi connectivity index (χ0) is 21.1. The van der Waals surface area contributed by atoms with Crippen molar-refractivity contribution in [2.24, 2.45) is 0 Å². The lowest BCUT2D eigenvalue weighted by Crippen LogP contribution is -2.45. The molecule has 156 valence electrons. The maximum atomic E-state index is 12.9. The molecule has 0 aliphatic carbocycles. The van der Waals surface area contributed by atoms with Crippen molar-refractivity contribution in [2.75, 3.05) is 20.3 Å². The number of halogens is 1. The molecule has 7 nitrogen and oxygen atoms in total. The third-order valence-electron chi connectivity index (χ3n) is 4.88. The standard InChI is InChI=1S/C22H22BrN3O4/c1-14-10-26(13-24-14)19-8-3-15(9-20(19)28-2)22(27)25-18-11-29-12-21(18)30-17-6-4-16(23)5-7-17/h3-10,13,18,21H,11-12H2,1-2H3,(H,25,27). The number of methoxy groups -OCH3 is 1. The summed E-state index contributed by atoms with van der Waals surface area (Å²) in [6, 6.07) is 12.7. The number of benzene rings is 2. The monoisotopic (exact) mass is 471 g/mol. The highest BCUT2D eigenvalue weighted by Gasteiger charge is 2.32. The van der Waals surface area contributed by atoms with E-state index < -0.39 is 0 Å². The molecule has 1 fully saturated rings. The molecule has 1 aliphatic heterocycles. The summed E-state index contributed by atoms with van der Waals surface area (Å²) in [6.45, 7) is 2.74. The summed E-state index contributed by atoms with van der Waals surface area (Å²) in [6.07, 6.45) is 3.36.